The van der Waals surface area contributed by atoms with E-state index >= 15 is 0 Å². The number of rotatable bonds is 0. The Morgan fingerprint density at radius 1 is 1.27 bits per heavy atom. The van der Waals surface area contributed by atoms with Gasteiger partial charge >= 0.3 is 0 Å². The smallest absolute Gasteiger partial charge is 0.128 e. The highest BCUT2D eigenvalue weighted by Gasteiger charge is 1.92. The molecule has 0 aliphatic heterocycles. The van der Waals surface area contributed by atoms with Crippen LogP contribution in [-0.2, 0) is 0 Å². The molecule has 62 valence electrons. The quantitative estimate of drug-likeness (QED) is 0.573. The summed E-state index contributed by atoms with van der Waals surface area (Å²) in [7, 11) is 0. The maximum atomic E-state index is 8.97. The molecule has 1 aromatic rings. The Kier molecular flexibility index (Phi) is 4.79. The number of hydrogen-bond donors (Lipinski definition) is 2. The number of thiol groups is 1. The Morgan fingerprint density at radius 2 is 1.82 bits per heavy atom. The Bertz CT molecular complexity index is 221. The van der Waals surface area contributed by atoms with Crippen LogP contribution in [0.1, 0.15) is 19.4 Å². The summed E-state index contributed by atoms with van der Waals surface area (Å²) in [5, 5.41) is 8.97. The summed E-state index contributed by atoms with van der Waals surface area (Å²) < 4.78 is 0. The summed E-state index contributed by atoms with van der Waals surface area (Å²) >= 11 is 4.02. The average Bonchev–Trinajstić information content (AvgIpc) is 2.02. The van der Waals surface area contributed by atoms with E-state index in [1.165, 1.54) is 0 Å². The first-order valence-corrected chi connectivity index (χ1v) is 4.13. The molecule has 1 rings (SSSR count). The van der Waals surface area contributed by atoms with E-state index in [9.17, 15) is 0 Å². The molecular weight excluding hydrogens is 156 g/mol. The van der Waals surface area contributed by atoms with E-state index in [1.54, 1.807) is 6.07 Å². The summed E-state index contributed by atoms with van der Waals surface area (Å²) in [5.41, 5.74) is 1.11. The van der Waals surface area contributed by atoms with Crippen LogP contribution in [0.15, 0.2) is 23.1 Å². The molecule has 0 saturated carbocycles. The van der Waals surface area contributed by atoms with Gasteiger partial charge in [-0.3, -0.25) is 0 Å². The van der Waals surface area contributed by atoms with E-state index in [0.717, 1.165) is 5.56 Å². The molecule has 1 nitrogen and oxygen atoms in total. The number of phenols is 1. The molecular formula is C9H14OS. The van der Waals surface area contributed by atoms with E-state index in [4.69, 9.17) is 5.11 Å². The number of aryl methyl sites for hydroxylation is 1. The molecule has 0 unspecified atom stereocenters. The molecule has 1 aromatic carbocycles. The highest BCUT2D eigenvalue weighted by molar-refractivity contribution is 7.80. The molecule has 0 aliphatic carbocycles. The van der Waals surface area contributed by atoms with Crippen LogP contribution in [0.3, 0.4) is 0 Å². The Hall–Kier alpha value is -0.630. The molecule has 0 atom stereocenters. The molecule has 0 aliphatic rings. The molecule has 0 heterocycles. The Morgan fingerprint density at radius 3 is 2.18 bits per heavy atom. The monoisotopic (exact) mass is 170 g/mol. The third-order valence-electron chi connectivity index (χ3n) is 1.13. The van der Waals surface area contributed by atoms with Gasteiger partial charge in [-0.15, -0.1) is 12.6 Å². The van der Waals surface area contributed by atoms with Crippen molar-refractivity contribution in [2.75, 3.05) is 0 Å². The van der Waals surface area contributed by atoms with Gasteiger partial charge in [-0.1, -0.05) is 19.9 Å². The van der Waals surface area contributed by atoms with E-state index in [1.807, 2.05) is 32.9 Å². The van der Waals surface area contributed by atoms with Gasteiger partial charge in [0.15, 0.2) is 0 Å². The van der Waals surface area contributed by atoms with Gasteiger partial charge in [0.2, 0.25) is 0 Å². The van der Waals surface area contributed by atoms with Crippen molar-refractivity contribution in [3.8, 4) is 5.75 Å². The van der Waals surface area contributed by atoms with Crippen LogP contribution in [0.4, 0.5) is 0 Å². The average molecular weight is 170 g/mol. The summed E-state index contributed by atoms with van der Waals surface area (Å²) in [6.45, 7) is 5.96. The lowest BCUT2D eigenvalue weighted by Gasteiger charge is -1.96. The zero-order chi connectivity index (χ0) is 8.85. The van der Waals surface area contributed by atoms with Gasteiger partial charge in [-0.2, -0.15) is 0 Å². The van der Waals surface area contributed by atoms with Crippen molar-refractivity contribution in [2.24, 2.45) is 0 Å². The van der Waals surface area contributed by atoms with Gasteiger partial charge in [-0.05, 0) is 24.6 Å². The largest absolute Gasteiger partial charge is 0.507 e. The van der Waals surface area contributed by atoms with Crippen molar-refractivity contribution in [1.29, 1.82) is 0 Å². The highest BCUT2D eigenvalue weighted by Crippen LogP contribution is 2.20. The highest BCUT2D eigenvalue weighted by atomic mass is 32.1. The Balaban J connectivity index is 0.000000461. The van der Waals surface area contributed by atoms with Crippen LogP contribution >= 0.6 is 12.6 Å². The fraction of sp³-hybridized carbons (Fsp3) is 0.333. The van der Waals surface area contributed by atoms with Crippen LogP contribution < -0.4 is 0 Å². The second kappa shape index (κ2) is 5.08. The van der Waals surface area contributed by atoms with Crippen molar-refractivity contribution < 1.29 is 5.11 Å². The van der Waals surface area contributed by atoms with Crippen LogP contribution in [0.5, 0.6) is 5.75 Å². The lowest BCUT2D eigenvalue weighted by Crippen LogP contribution is -1.71. The first-order valence-electron chi connectivity index (χ1n) is 3.69. The van der Waals surface area contributed by atoms with Crippen molar-refractivity contribution >= 4 is 12.6 Å². The first-order chi connectivity index (χ1) is 5.20. The molecule has 0 saturated heterocycles. The number of phenolic OH excluding ortho intramolecular Hbond substituents is 1. The van der Waals surface area contributed by atoms with Crippen LogP contribution in [0.25, 0.3) is 0 Å². The first kappa shape index (κ1) is 10.4. The van der Waals surface area contributed by atoms with Gasteiger partial charge in [0.25, 0.3) is 0 Å². The minimum atomic E-state index is 0.240. The van der Waals surface area contributed by atoms with Gasteiger partial charge < -0.3 is 5.11 Å². The summed E-state index contributed by atoms with van der Waals surface area (Å²) in [4.78, 5) is 0.634. The lowest BCUT2D eigenvalue weighted by molar-refractivity contribution is 0.462. The molecule has 0 spiro atoms. The van der Waals surface area contributed by atoms with Crippen molar-refractivity contribution in [3.05, 3.63) is 23.8 Å². The van der Waals surface area contributed by atoms with Gasteiger partial charge in [-0.25, -0.2) is 0 Å². The molecule has 0 bridgehead atoms. The van der Waals surface area contributed by atoms with Crippen LogP contribution in [-0.4, -0.2) is 5.11 Å². The van der Waals surface area contributed by atoms with E-state index in [0.29, 0.717) is 4.90 Å². The molecule has 0 aromatic heterocycles. The Labute approximate surface area is 73.5 Å². The molecule has 0 fully saturated rings. The minimum Gasteiger partial charge on any atom is -0.507 e. The van der Waals surface area contributed by atoms with Crippen LogP contribution in [0, 0.1) is 6.92 Å². The van der Waals surface area contributed by atoms with Crippen LogP contribution in [0.2, 0.25) is 0 Å². The van der Waals surface area contributed by atoms with E-state index in [2.05, 4.69) is 12.6 Å². The third kappa shape index (κ3) is 3.33. The van der Waals surface area contributed by atoms with Crippen molar-refractivity contribution in [1.82, 2.24) is 0 Å². The topological polar surface area (TPSA) is 20.2 Å². The van der Waals surface area contributed by atoms with E-state index in [-0.39, 0.29) is 5.75 Å². The molecule has 0 radical (unpaired) electrons. The number of benzene rings is 1. The zero-order valence-corrected chi connectivity index (χ0v) is 8.02. The predicted octanol–water partition coefficient (Wildman–Crippen LogP) is 3.02. The maximum Gasteiger partial charge on any atom is 0.128 e. The molecule has 11 heavy (non-hydrogen) atoms. The minimum absolute atomic E-state index is 0.240. The predicted molar refractivity (Wildman–Crippen MR) is 51.4 cm³/mol. The summed E-state index contributed by atoms with van der Waals surface area (Å²) in [5.74, 6) is 0.240. The van der Waals surface area contributed by atoms with Gasteiger partial charge in [0.05, 0.1) is 0 Å². The zero-order valence-electron chi connectivity index (χ0n) is 7.13. The van der Waals surface area contributed by atoms with Gasteiger partial charge in [0.1, 0.15) is 5.75 Å². The normalized spacial score (nSPS) is 8.36. The fourth-order valence-electron chi connectivity index (χ4n) is 0.633. The standard InChI is InChI=1S/C7H8OS.C2H6/c1-5-2-3-6(8)7(9)4-5;1-2/h2-4,8-9H,1H3;1-2H3. The van der Waals surface area contributed by atoms with Gasteiger partial charge in [0, 0.05) is 4.90 Å². The maximum absolute atomic E-state index is 8.97. The molecule has 1 N–H and O–H groups in total. The lowest BCUT2D eigenvalue weighted by atomic mass is 10.2. The number of hydrogen-bond acceptors (Lipinski definition) is 2. The van der Waals surface area contributed by atoms with Crippen molar-refractivity contribution in [3.63, 3.8) is 0 Å². The number of aromatic hydroxyl groups is 1. The molecule has 0 amide bonds. The molecule has 2 heteroatoms. The summed E-state index contributed by atoms with van der Waals surface area (Å²) in [6.07, 6.45) is 0. The fourth-order valence-corrected chi connectivity index (χ4v) is 0.912. The third-order valence-corrected chi connectivity index (χ3v) is 1.49. The summed E-state index contributed by atoms with van der Waals surface area (Å²) in [6, 6.07) is 5.30. The van der Waals surface area contributed by atoms with E-state index < -0.39 is 0 Å². The second-order valence-corrected chi connectivity index (χ2v) is 2.47. The van der Waals surface area contributed by atoms with Crippen molar-refractivity contribution in [2.45, 2.75) is 25.7 Å². The SMILES string of the molecule is CC.Cc1ccc(O)c(S)c1. The second-order valence-electron chi connectivity index (χ2n) is 1.99.